The minimum atomic E-state index is -0.549. The van der Waals surface area contributed by atoms with Crippen LogP contribution in [0.3, 0.4) is 0 Å². The monoisotopic (exact) mass is 411 g/mol. The van der Waals surface area contributed by atoms with Crippen LogP contribution in [0.4, 0.5) is 11.5 Å². The lowest BCUT2D eigenvalue weighted by Crippen LogP contribution is -2.40. The summed E-state index contributed by atoms with van der Waals surface area (Å²) in [6.07, 6.45) is 6.85. The average Bonchev–Trinajstić information content (AvgIpc) is 2.79. The number of aromatic amines is 1. The molecule has 2 N–H and O–H groups in total. The lowest BCUT2D eigenvalue weighted by Gasteiger charge is -2.30. The highest BCUT2D eigenvalue weighted by Crippen LogP contribution is 2.35. The molecule has 0 bridgehead atoms. The molecule has 3 aromatic rings. The summed E-state index contributed by atoms with van der Waals surface area (Å²) in [6, 6.07) is 12.5. The summed E-state index contributed by atoms with van der Waals surface area (Å²) in [7, 11) is 0. The number of benzene rings is 1. The van der Waals surface area contributed by atoms with Gasteiger partial charge in [0.25, 0.3) is 5.56 Å². The third-order valence-electron chi connectivity index (χ3n) is 5.50. The summed E-state index contributed by atoms with van der Waals surface area (Å²) in [5, 5.41) is 13.7. The molecule has 154 valence electrons. The molecule has 0 radical (unpaired) electrons. The van der Waals surface area contributed by atoms with Crippen LogP contribution in [0.25, 0.3) is 10.9 Å². The van der Waals surface area contributed by atoms with E-state index in [1.54, 1.807) is 18.2 Å². The number of hydrogen-bond donors (Lipinski definition) is 2. The molecule has 0 atom stereocenters. The van der Waals surface area contributed by atoms with Gasteiger partial charge in [-0.3, -0.25) is 14.5 Å². The van der Waals surface area contributed by atoms with Gasteiger partial charge in [0.2, 0.25) is 5.91 Å². The summed E-state index contributed by atoms with van der Waals surface area (Å²) in [6.45, 7) is 3.36. The van der Waals surface area contributed by atoms with Crippen LogP contribution < -0.4 is 15.8 Å². The number of hydrogen-bond acceptors (Lipinski definition) is 5. The molecule has 7 heteroatoms. The predicted molar refractivity (Wildman–Crippen MR) is 119 cm³/mol. The first-order valence-corrected chi connectivity index (χ1v) is 10.1. The first kappa shape index (κ1) is 20.3. The van der Waals surface area contributed by atoms with Crippen LogP contribution in [-0.2, 0) is 4.79 Å². The zero-order valence-corrected chi connectivity index (χ0v) is 17.1. The number of aromatic nitrogens is 2. The van der Waals surface area contributed by atoms with Crippen LogP contribution in [0.5, 0.6) is 0 Å². The average molecular weight is 411 g/mol. The Balaban J connectivity index is 2.03. The van der Waals surface area contributed by atoms with Crippen LogP contribution in [0.2, 0.25) is 0 Å². The van der Waals surface area contributed by atoms with E-state index in [0.717, 1.165) is 18.7 Å². The first-order valence-electron chi connectivity index (χ1n) is 10.1. The number of H-pyrrole nitrogens is 1. The highest BCUT2D eigenvalue weighted by Gasteiger charge is 2.32. The minimum absolute atomic E-state index is 0.133. The number of terminal acetylenes is 1. The van der Waals surface area contributed by atoms with E-state index in [2.05, 4.69) is 21.2 Å². The molecule has 1 aromatic carbocycles. The van der Waals surface area contributed by atoms with Gasteiger partial charge in [-0.15, -0.1) is 6.42 Å². The summed E-state index contributed by atoms with van der Waals surface area (Å²) >= 11 is 0. The third-order valence-corrected chi connectivity index (χ3v) is 5.50. The third kappa shape index (κ3) is 3.79. The summed E-state index contributed by atoms with van der Waals surface area (Å²) in [5.74, 6) is 2.32. The second-order valence-electron chi connectivity index (χ2n) is 7.56. The number of carbonyl (C=O) groups excluding carboxylic acids is 1. The number of piperidine rings is 1. The molecule has 31 heavy (non-hydrogen) atoms. The van der Waals surface area contributed by atoms with Crippen LogP contribution >= 0.6 is 0 Å². The fraction of sp³-hybridized carbons (Fsp3) is 0.250. The number of rotatable bonds is 3. The van der Waals surface area contributed by atoms with Gasteiger partial charge < -0.3 is 10.3 Å². The van der Waals surface area contributed by atoms with Crippen molar-refractivity contribution in [2.45, 2.75) is 19.8 Å². The summed E-state index contributed by atoms with van der Waals surface area (Å²) < 4.78 is 0. The SMILES string of the molecule is C#Cc1cccc(N(C(=O)C2CCNCC2)c2c(C#N)c(=O)[nH]c3cc(C)ccc23)n1. The molecule has 1 fully saturated rings. The number of carbonyl (C=O) groups is 1. The maximum Gasteiger partial charge on any atom is 0.268 e. The normalized spacial score (nSPS) is 14.0. The summed E-state index contributed by atoms with van der Waals surface area (Å²) in [4.78, 5) is 35.2. The molecule has 1 amide bonds. The number of aryl methyl sites for hydroxylation is 1. The van der Waals surface area contributed by atoms with Gasteiger partial charge in [-0.05, 0) is 56.6 Å². The van der Waals surface area contributed by atoms with Gasteiger partial charge in [-0.1, -0.05) is 24.1 Å². The van der Waals surface area contributed by atoms with Gasteiger partial charge in [-0.2, -0.15) is 5.26 Å². The van der Waals surface area contributed by atoms with Crippen molar-refractivity contribution in [3.63, 3.8) is 0 Å². The van der Waals surface area contributed by atoms with Crippen molar-refractivity contribution in [3.05, 3.63) is 63.6 Å². The second-order valence-corrected chi connectivity index (χ2v) is 7.56. The standard InChI is InChI=1S/C24H21N5O2/c1-3-17-5-4-6-21(27-17)29(24(31)16-9-11-26-12-10-16)22-18-8-7-15(2)13-20(18)28-23(30)19(22)14-25/h1,4-8,13,16,26H,9-12H2,2H3,(H,28,30). The number of anilines is 2. The Kier molecular flexibility index (Phi) is 5.53. The molecular formula is C24H21N5O2. The maximum absolute atomic E-state index is 13.8. The first-order chi connectivity index (χ1) is 15.0. The molecule has 3 heterocycles. The number of pyridine rings is 2. The number of amides is 1. The highest BCUT2D eigenvalue weighted by atomic mass is 16.2. The largest absolute Gasteiger partial charge is 0.321 e. The zero-order chi connectivity index (χ0) is 22.0. The van der Waals surface area contributed by atoms with Crippen molar-refractivity contribution in [2.24, 2.45) is 5.92 Å². The molecule has 4 rings (SSSR count). The Labute approximate surface area is 179 Å². The molecule has 2 aromatic heterocycles. The Bertz CT molecular complexity index is 1310. The van der Waals surface area contributed by atoms with E-state index in [1.165, 1.54) is 4.90 Å². The van der Waals surface area contributed by atoms with Crippen LogP contribution in [0.15, 0.2) is 41.2 Å². The van der Waals surface area contributed by atoms with Crippen LogP contribution in [0, 0.1) is 36.5 Å². The van der Waals surface area contributed by atoms with Gasteiger partial charge >= 0.3 is 0 Å². The molecule has 1 saturated heterocycles. The lowest BCUT2D eigenvalue weighted by molar-refractivity contribution is -0.122. The quantitative estimate of drug-likeness (QED) is 0.646. The predicted octanol–water partition coefficient (Wildman–Crippen LogP) is 2.75. The molecular weight excluding hydrogens is 390 g/mol. The van der Waals surface area contributed by atoms with E-state index < -0.39 is 5.56 Å². The van der Waals surface area contributed by atoms with Crippen molar-refractivity contribution in [3.8, 4) is 18.4 Å². The van der Waals surface area contributed by atoms with Crippen LogP contribution in [0.1, 0.15) is 29.7 Å². The number of fused-ring (bicyclic) bond motifs is 1. The zero-order valence-electron chi connectivity index (χ0n) is 17.1. The Morgan fingerprint density at radius 1 is 1.26 bits per heavy atom. The van der Waals surface area contributed by atoms with E-state index in [-0.39, 0.29) is 23.1 Å². The van der Waals surface area contributed by atoms with Crippen molar-refractivity contribution in [1.82, 2.24) is 15.3 Å². The molecule has 0 aliphatic carbocycles. The topological polar surface area (TPSA) is 102 Å². The Morgan fingerprint density at radius 2 is 2.03 bits per heavy atom. The lowest BCUT2D eigenvalue weighted by atomic mass is 9.95. The fourth-order valence-corrected chi connectivity index (χ4v) is 3.95. The molecule has 0 spiro atoms. The van der Waals surface area contributed by atoms with Crippen LogP contribution in [-0.4, -0.2) is 29.0 Å². The van der Waals surface area contributed by atoms with E-state index in [0.29, 0.717) is 35.3 Å². The number of nitrogens with zero attached hydrogens (tertiary/aromatic N) is 3. The van der Waals surface area contributed by atoms with Gasteiger partial charge in [-0.25, -0.2) is 4.98 Å². The van der Waals surface area contributed by atoms with Gasteiger partial charge in [0, 0.05) is 11.3 Å². The fourth-order valence-electron chi connectivity index (χ4n) is 3.95. The van der Waals surface area contributed by atoms with E-state index in [4.69, 9.17) is 6.42 Å². The van der Waals surface area contributed by atoms with Gasteiger partial charge in [0.1, 0.15) is 23.1 Å². The molecule has 0 saturated carbocycles. The number of nitrogens with one attached hydrogen (secondary N) is 2. The summed E-state index contributed by atoms with van der Waals surface area (Å²) in [5.41, 5.74) is 1.42. The van der Waals surface area contributed by atoms with Crippen molar-refractivity contribution < 1.29 is 4.79 Å². The molecule has 0 unspecified atom stereocenters. The molecule has 7 nitrogen and oxygen atoms in total. The minimum Gasteiger partial charge on any atom is -0.321 e. The van der Waals surface area contributed by atoms with Gasteiger partial charge in [0.15, 0.2) is 0 Å². The number of nitriles is 1. The smallest absolute Gasteiger partial charge is 0.268 e. The Hall–Kier alpha value is -3.94. The van der Waals surface area contributed by atoms with Crippen molar-refractivity contribution in [2.75, 3.05) is 18.0 Å². The van der Waals surface area contributed by atoms with E-state index in [1.807, 2.05) is 31.2 Å². The Morgan fingerprint density at radius 3 is 2.74 bits per heavy atom. The van der Waals surface area contributed by atoms with E-state index in [9.17, 15) is 14.9 Å². The molecule has 1 aliphatic rings. The highest BCUT2D eigenvalue weighted by molar-refractivity contribution is 6.09. The van der Waals surface area contributed by atoms with Crippen molar-refractivity contribution >= 4 is 28.3 Å². The second kappa shape index (κ2) is 8.43. The van der Waals surface area contributed by atoms with Crippen molar-refractivity contribution in [1.29, 1.82) is 5.26 Å². The maximum atomic E-state index is 13.8. The van der Waals surface area contributed by atoms with Gasteiger partial charge in [0.05, 0.1) is 11.2 Å². The molecule has 1 aliphatic heterocycles. The van der Waals surface area contributed by atoms with E-state index >= 15 is 0 Å².